The minimum atomic E-state index is 0.0307. The lowest BCUT2D eigenvalue weighted by Crippen LogP contribution is -2.30. The number of hydrogen-bond acceptors (Lipinski definition) is 2. The summed E-state index contributed by atoms with van der Waals surface area (Å²) in [5.41, 5.74) is 6.74. The largest absolute Gasteiger partial charge is 0.497 e. The van der Waals surface area contributed by atoms with E-state index < -0.39 is 0 Å². The lowest BCUT2D eigenvalue weighted by molar-refractivity contribution is -0.116. The van der Waals surface area contributed by atoms with Gasteiger partial charge in [-0.1, -0.05) is 35.9 Å². The highest BCUT2D eigenvalue weighted by atomic mass is 35.5. The molecule has 0 radical (unpaired) electrons. The first-order valence-corrected chi connectivity index (χ1v) is 9.75. The molecule has 142 valence electrons. The summed E-state index contributed by atoms with van der Waals surface area (Å²) in [6, 6.07) is 20.3. The standard InChI is InChI=1S/C24H22ClNO2/c1-16(27)26-15-21-12-19(18-4-3-5-23(14-18)28-2)8-6-17(21)7-9-20-13-22(25)10-11-24(20)26/h3-6,8,10-14H,7,9,15H2,1-2H3. The van der Waals surface area contributed by atoms with Gasteiger partial charge in [-0.2, -0.15) is 0 Å². The van der Waals surface area contributed by atoms with Crippen molar-refractivity contribution in [2.75, 3.05) is 12.0 Å². The molecule has 0 N–H and O–H groups in total. The van der Waals surface area contributed by atoms with E-state index >= 15 is 0 Å². The highest BCUT2D eigenvalue weighted by Crippen LogP contribution is 2.33. The van der Waals surface area contributed by atoms with Gasteiger partial charge in [0.25, 0.3) is 0 Å². The molecule has 4 heteroatoms. The first kappa shape index (κ1) is 18.6. The van der Waals surface area contributed by atoms with E-state index in [-0.39, 0.29) is 5.91 Å². The molecule has 0 bridgehead atoms. The first-order chi connectivity index (χ1) is 13.5. The molecule has 0 spiro atoms. The molecule has 1 aliphatic heterocycles. The second-order valence-corrected chi connectivity index (χ2v) is 7.53. The van der Waals surface area contributed by atoms with Crippen molar-refractivity contribution >= 4 is 23.2 Å². The monoisotopic (exact) mass is 391 g/mol. The Bertz CT molecular complexity index is 1040. The summed E-state index contributed by atoms with van der Waals surface area (Å²) >= 11 is 6.20. The maximum absolute atomic E-state index is 12.4. The molecular weight excluding hydrogens is 370 g/mol. The number of aryl methyl sites for hydroxylation is 2. The number of fused-ring (bicyclic) bond motifs is 2. The minimum Gasteiger partial charge on any atom is -0.497 e. The number of ether oxygens (including phenoxy) is 1. The Morgan fingerprint density at radius 1 is 0.929 bits per heavy atom. The number of hydrogen-bond donors (Lipinski definition) is 0. The molecule has 4 rings (SSSR count). The number of methoxy groups -OCH3 is 1. The third kappa shape index (κ3) is 3.63. The van der Waals surface area contributed by atoms with E-state index in [1.807, 2.05) is 41.3 Å². The summed E-state index contributed by atoms with van der Waals surface area (Å²) in [5, 5.41) is 0.705. The Labute approximate surface area is 170 Å². The van der Waals surface area contributed by atoms with Crippen molar-refractivity contribution in [1.29, 1.82) is 0 Å². The molecule has 3 nitrogen and oxygen atoms in total. The predicted molar refractivity (Wildman–Crippen MR) is 114 cm³/mol. The van der Waals surface area contributed by atoms with Crippen LogP contribution in [-0.4, -0.2) is 13.0 Å². The van der Waals surface area contributed by atoms with Crippen LogP contribution < -0.4 is 9.64 Å². The second-order valence-electron chi connectivity index (χ2n) is 7.09. The molecule has 1 amide bonds. The van der Waals surface area contributed by atoms with E-state index in [1.165, 1.54) is 11.1 Å². The van der Waals surface area contributed by atoms with E-state index in [9.17, 15) is 4.79 Å². The predicted octanol–water partition coefficient (Wildman–Crippen LogP) is 5.67. The minimum absolute atomic E-state index is 0.0307. The fraction of sp³-hybridized carbons (Fsp3) is 0.208. The molecule has 28 heavy (non-hydrogen) atoms. The fourth-order valence-electron chi connectivity index (χ4n) is 3.82. The van der Waals surface area contributed by atoms with Crippen LogP contribution in [0.5, 0.6) is 5.75 Å². The molecule has 0 fully saturated rings. The zero-order valence-corrected chi connectivity index (χ0v) is 16.8. The average molecular weight is 392 g/mol. The summed E-state index contributed by atoms with van der Waals surface area (Å²) in [6.07, 6.45) is 1.78. The van der Waals surface area contributed by atoms with Crippen LogP contribution in [0.4, 0.5) is 5.69 Å². The highest BCUT2D eigenvalue weighted by molar-refractivity contribution is 6.30. The summed E-state index contributed by atoms with van der Waals surface area (Å²) in [4.78, 5) is 14.3. The third-order valence-corrected chi connectivity index (χ3v) is 5.55. The maximum atomic E-state index is 12.4. The first-order valence-electron chi connectivity index (χ1n) is 9.38. The smallest absolute Gasteiger partial charge is 0.224 e. The summed E-state index contributed by atoms with van der Waals surface area (Å²) in [7, 11) is 1.67. The van der Waals surface area contributed by atoms with Crippen molar-refractivity contribution in [3.8, 4) is 16.9 Å². The molecule has 0 atom stereocenters. The number of carbonyl (C=O) groups is 1. The average Bonchev–Trinajstić information content (AvgIpc) is 2.69. The van der Waals surface area contributed by atoms with Gasteiger partial charge >= 0.3 is 0 Å². The lowest BCUT2D eigenvalue weighted by Gasteiger charge is -2.28. The van der Waals surface area contributed by atoms with Crippen LogP contribution in [0.2, 0.25) is 5.02 Å². The summed E-state index contributed by atoms with van der Waals surface area (Å²) in [5.74, 6) is 0.864. The van der Waals surface area contributed by atoms with E-state index in [0.29, 0.717) is 11.6 Å². The van der Waals surface area contributed by atoms with Gasteiger partial charge in [-0.3, -0.25) is 4.79 Å². The second kappa shape index (κ2) is 7.69. The normalized spacial score (nSPS) is 13.2. The number of halogens is 1. The molecule has 1 aliphatic rings. The van der Waals surface area contributed by atoms with Gasteiger partial charge in [0.2, 0.25) is 5.91 Å². The van der Waals surface area contributed by atoms with E-state index in [0.717, 1.165) is 41.0 Å². The van der Waals surface area contributed by atoms with Crippen LogP contribution in [0.15, 0.2) is 60.7 Å². The zero-order valence-electron chi connectivity index (χ0n) is 16.0. The van der Waals surface area contributed by atoms with Crippen molar-refractivity contribution in [3.05, 3.63) is 82.4 Å². The molecule has 3 aromatic carbocycles. The van der Waals surface area contributed by atoms with Gasteiger partial charge in [0.15, 0.2) is 0 Å². The molecule has 0 saturated heterocycles. The number of anilines is 1. The Morgan fingerprint density at radius 2 is 1.71 bits per heavy atom. The number of amides is 1. The van der Waals surface area contributed by atoms with Crippen LogP contribution in [-0.2, 0) is 24.2 Å². The Morgan fingerprint density at radius 3 is 2.50 bits per heavy atom. The molecule has 0 saturated carbocycles. The topological polar surface area (TPSA) is 29.5 Å². The summed E-state index contributed by atoms with van der Waals surface area (Å²) < 4.78 is 5.36. The van der Waals surface area contributed by atoms with Crippen LogP contribution in [0, 0.1) is 0 Å². The molecule has 1 heterocycles. The van der Waals surface area contributed by atoms with Gasteiger partial charge in [0.1, 0.15) is 5.75 Å². The highest BCUT2D eigenvalue weighted by Gasteiger charge is 2.21. The van der Waals surface area contributed by atoms with Crippen LogP contribution in [0.3, 0.4) is 0 Å². The fourth-order valence-corrected chi connectivity index (χ4v) is 4.02. The molecule has 0 aliphatic carbocycles. The summed E-state index contributed by atoms with van der Waals surface area (Å²) in [6.45, 7) is 2.17. The third-order valence-electron chi connectivity index (χ3n) is 5.31. The van der Waals surface area contributed by atoms with Gasteiger partial charge < -0.3 is 9.64 Å². The number of rotatable bonds is 2. The van der Waals surface area contributed by atoms with E-state index in [1.54, 1.807) is 14.0 Å². The Kier molecular flexibility index (Phi) is 5.10. The number of benzene rings is 3. The quantitative estimate of drug-likeness (QED) is 0.563. The Balaban J connectivity index is 1.76. The van der Waals surface area contributed by atoms with E-state index in [2.05, 4.69) is 24.3 Å². The van der Waals surface area contributed by atoms with Crippen molar-refractivity contribution < 1.29 is 9.53 Å². The van der Waals surface area contributed by atoms with Gasteiger partial charge in [-0.05, 0) is 77.1 Å². The van der Waals surface area contributed by atoms with Gasteiger partial charge in [-0.15, -0.1) is 0 Å². The van der Waals surface area contributed by atoms with Gasteiger partial charge in [-0.25, -0.2) is 0 Å². The van der Waals surface area contributed by atoms with Crippen molar-refractivity contribution in [2.24, 2.45) is 0 Å². The van der Waals surface area contributed by atoms with Crippen molar-refractivity contribution in [2.45, 2.75) is 26.3 Å². The van der Waals surface area contributed by atoms with E-state index in [4.69, 9.17) is 16.3 Å². The zero-order chi connectivity index (χ0) is 19.7. The van der Waals surface area contributed by atoms with Crippen LogP contribution in [0.1, 0.15) is 23.6 Å². The van der Waals surface area contributed by atoms with Crippen LogP contribution in [0.25, 0.3) is 11.1 Å². The molecular formula is C24H22ClNO2. The van der Waals surface area contributed by atoms with Gasteiger partial charge in [0.05, 0.1) is 13.7 Å². The van der Waals surface area contributed by atoms with Crippen LogP contribution >= 0.6 is 11.6 Å². The number of nitrogens with zero attached hydrogens (tertiary/aromatic N) is 1. The number of carbonyl (C=O) groups excluding carboxylic acids is 1. The SMILES string of the molecule is COc1cccc(-c2ccc3c(c2)CN(C(C)=O)c2ccc(Cl)cc2CC3)c1. The van der Waals surface area contributed by atoms with Gasteiger partial charge in [0, 0.05) is 17.6 Å². The molecule has 0 aromatic heterocycles. The lowest BCUT2D eigenvalue weighted by atomic mass is 9.92. The Hall–Kier alpha value is -2.78. The molecule has 3 aromatic rings. The van der Waals surface area contributed by atoms with Crippen molar-refractivity contribution in [3.63, 3.8) is 0 Å². The molecule has 0 unspecified atom stereocenters. The maximum Gasteiger partial charge on any atom is 0.224 e. The van der Waals surface area contributed by atoms with Crippen molar-refractivity contribution in [1.82, 2.24) is 0 Å².